The van der Waals surface area contributed by atoms with Crippen LogP contribution in [0.4, 0.5) is 0 Å². The maximum absolute atomic E-state index is 13.6. The fourth-order valence-corrected chi connectivity index (χ4v) is 4.42. The van der Waals surface area contributed by atoms with Gasteiger partial charge in [0.2, 0.25) is 5.91 Å². The van der Waals surface area contributed by atoms with Crippen molar-refractivity contribution in [2.45, 2.75) is 45.8 Å². The molecule has 0 spiro atoms. The molecular weight excluding hydrogens is 436 g/mol. The summed E-state index contributed by atoms with van der Waals surface area (Å²) in [4.78, 5) is 28.5. The smallest absolute Gasteiger partial charge is 0.255 e. The third kappa shape index (κ3) is 4.46. The van der Waals surface area contributed by atoms with Gasteiger partial charge in [-0.15, -0.1) is 0 Å². The number of nitrogens with one attached hydrogen (secondary N) is 1. The highest BCUT2D eigenvalue weighted by Gasteiger charge is 2.43. The van der Waals surface area contributed by atoms with Crippen molar-refractivity contribution in [3.05, 3.63) is 87.9 Å². The summed E-state index contributed by atoms with van der Waals surface area (Å²) in [6.07, 6.45) is 0. The van der Waals surface area contributed by atoms with E-state index in [1.165, 1.54) is 0 Å². The molecular formula is C27H27ClN2O3. The number of benzene rings is 3. The molecule has 2 amide bonds. The van der Waals surface area contributed by atoms with Crippen LogP contribution >= 0.6 is 11.6 Å². The Labute approximate surface area is 199 Å². The molecule has 170 valence electrons. The van der Waals surface area contributed by atoms with Crippen molar-refractivity contribution < 1.29 is 14.7 Å². The number of hydrogen-bond donors (Lipinski definition) is 2. The van der Waals surface area contributed by atoms with E-state index < -0.39 is 11.6 Å². The van der Waals surface area contributed by atoms with Crippen LogP contribution in [-0.4, -0.2) is 27.4 Å². The Balaban J connectivity index is 1.78. The molecule has 33 heavy (non-hydrogen) atoms. The summed E-state index contributed by atoms with van der Waals surface area (Å²) in [7, 11) is 0. The highest BCUT2D eigenvalue weighted by molar-refractivity contribution is 6.30. The summed E-state index contributed by atoms with van der Waals surface area (Å²) < 4.78 is 0. The predicted molar refractivity (Wildman–Crippen MR) is 130 cm³/mol. The lowest BCUT2D eigenvalue weighted by atomic mass is 9.97. The number of halogens is 1. The van der Waals surface area contributed by atoms with E-state index in [9.17, 15) is 14.7 Å². The van der Waals surface area contributed by atoms with Gasteiger partial charge in [-0.05, 0) is 68.1 Å². The van der Waals surface area contributed by atoms with Crippen LogP contribution in [0.5, 0.6) is 5.75 Å². The van der Waals surface area contributed by atoms with Crippen LogP contribution in [0.1, 0.15) is 53.9 Å². The molecule has 0 aromatic heterocycles. The molecule has 4 rings (SSSR count). The Kier molecular flexibility index (Phi) is 5.93. The van der Waals surface area contributed by atoms with E-state index in [1.807, 2.05) is 69.3 Å². The first-order valence-corrected chi connectivity index (χ1v) is 11.2. The van der Waals surface area contributed by atoms with E-state index >= 15 is 0 Å². The minimum absolute atomic E-state index is 0.0421. The lowest BCUT2D eigenvalue weighted by Gasteiger charge is -2.29. The van der Waals surface area contributed by atoms with Crippen molar-refractivity contribution in [1.82, 2.24) is 10.2 Å². The summed E-state index contributed by atoms with van der Waals surface area (Å²) >= 11 is 6.06. The second-order valence-electron chi connectivity index (χ2n) is 9.41. The number of phenolic OH excluding ortho intramolecular Hbond substituents is 1. The molecule has 2 N–H and O–H groups in total. The second kappa shape index (κ2) is 8.56. The number of fused-ring (bicyclic) bond motifs is 1. The van der Waals surface area contributed by atoms with Gasteiger partial charge in [0.05, 0.1) is 5.56 Å². The van der Waals surface area contributed by atoms with E-state index in [2.05, 4.69) is 5.32 Å². The summed E-state index contributed by atoms with van der Waals surface area (Å²) in [6, 6.07) is 17.8. The SMILES string of the molecule is Cc1c(O)ccc2c1C(=O)N(Cc1ccccc1-c1ccc(Cl)cc1)C2C(=O)NC(C)(C)C. The summed E-state index contributed by atoms with van der Waals surface area (Å²) in [5.74, 6) is -0.470. The molecule has 1 unspecified atom stereocenters. The Morgan fingerprint density at radius 1 is 1.06 bits per heavy atom. The number of nitrogens with zero attached hydrogens (tertiary/aromatic N) is 1. The zero-order valence-corrected chi connectivity index (χ0v) is 19.9. The molecule has 6 heteroatoms. The highest BCUT2D eigenvalue weighted by Crippen LogP contribution is 2.40. The average molecular weight is 463 g/mol. The van der Waals surface area contributed by atoms with Gasteiger partial charge in [-0.3, -0.25) is 9.59 Å². The van der Waals surface area contributed by atoms with Crippen LogP contribution in [0.2, 0.25) is 5.02 Å². The maximum Gasteiger partial charge on any atom is 0.255 e. The van der Waals surface area contributed by atoms with Crippen LogP contribution in [0.25, 0.3) is 11.1 Å². The molecule has 5 nitrogen and oxygen atoms in total. The molecule has 0 saturated carbocycles. The van der Waals surface area contributed by atoms with E-state index in [4.69, 9.17) is 11.6 Å². The molecule has 0 bridgehead atoms. The van der Waals surface area contributed by atoms with E-state index in [0.717, 1.165) is 16.7 Å². The third-order valence-corrected chi connectivity index (χ3v) is 6.06. The minimum Gasteiger partial charge on any atom is -0.508 e. The monoisotopic (exact) mass is 462 g/mol. The van der Waals surface area contributed by atoms with Crippen LogP contribution in [-0.2, 0) is 11.3 Å². The fraction of sp³-hybridized carbons (Fsp3) is 0.259. The molecule has 0 fully saturated rings. The zero-order chi connectivity index (χ0) is 23.9. The number of aromatic hydroxyl groups is 1. The average Bonchev–Trinajstić information content (AvgIpc) is 3.03. The molecule has 3 aromatic carbocycles. The Bertz CT molecular complexity index is 1230. The number of phenols is 1. The topological polar surface area (TPSA) is 69.6 Å². The van der Waals surface area contributed by atoms with Gasteiger partial charge in [-0.1, -0.05) is 54.1 Å². The van der Waals surface area contributed by atoms with Gasteiger partial charge in [-0.25, -0.2) is 0 Å². The molecule has 0 saturated heterocycles. The van der Waals surface area contributed by atoms with Crippen LogP contribution in [0.3, 0.4) is 0 Å². The quantitative estimate of drug-likeness (QED) is 0.527. The lowest BCUT2D eigenvalue weighted by Crippen LogP contribution is -2.46. The fourth-order valence-electron chi connectivity index (χ4n) is 4.30. The zero-order valence-electron chi connectivity index (χ0n) is 19.1. The first kappa shape index (κ1) is 22.9. The number of amides is 2. The number of hydrogen-bond acceptors (Lipinski definition) is 3. The van der Waals surface area contributed by atoms with E-state index in [1.54, 1.807) is 24.0 Å². The second-order valence-corrected chi connectivity index (χ2v) is 9.85. The third-order valence-electron chi connectivity index (χ3n) is 5.81. The van der Waals surface area contributed by atoms with Crippen molar-refractivity contribution in [3.8, 4) is 16.9 Å². The lowest BCUT2D eigenvalue weighted by molar-refractivity contribution is -0.127. The van der Waals surface area contributed by atoms with Gasteiger partial charge in [0.25, 0.3) is 5.91 Å². The number of rotatable bonds is 4. The predicted octanol–water partition coefficient (Wildman–Crippen LogP) is 5.63. The van der Waals surface area contributed by atoms with Crippen molar-refractivity contribution in [2.75, 3.05) is 0 Å². The van der Waals surface area contributed by atoms with Gasteiger partial charge in [0.1, 0.15) is 11.8 Å². The summed E-state index contributed by atoms with van der Waals surface area (Å²) in [6.45, 7) is 7.67. The Morgan fingerprint density at radius 2 is 1.73 bits per heavy atom. The van der Waals surface area contributed by atoms with E-state index in [0.29, 0.717) is 21.7 Å². The maximum atomic E-state index is 13.6. The molecule has 1 heterocycles. The van der Waals surface area contributed by atoms with Gasteiger partial charge in [0, 0.05) is 22.7 Å². The van der Waals surface area contributed by atoms with Gasteiger partial charge in [0.15, 0.2) is 0 Å². The normalized spacial score (nSPS) is 15.5. The van der Waals surface area contributed by atoms with Crippen molar-refractivity contribution >= 4 is 23.4 Å². The standard InChI is InChI=1S/C27H27ClN2O3/c1-16-22(31)14-13-21-23(16)26(33)30(24(21)25(32)29-27(2,3)4)15-18-7-5-6-8-20(18)17-9-11-19(28)12-10-17/h5-14,24,31H,15H2,1-4H3,(H,29,32). The Morgan fingerprint density at radius 3 is 2.39 bits per heavy atom. The first-order valence-electron chi connectivity index (χ1n) is 10.9. The van der Waals surface area contributed by atoms with Gasteiger partial charge < -0.3 is 15.3 Å². The van der Waals surface area contributed by atoms with Crippen LogP contribution in [0, 0.1) is 6.92 Å². The van der Waals surface area contributed by atoms with Crippen LogP contribution < -0.4 is 5.32 Å². The number of carbonyl (C=O) groups excluding carboxylic acids is 2. The largest absolute Gasteiger partial charge is 0.508 e. The van der Waals surface area contributed by atoms with Crippen LogP contribution in [0.15, 0.2) is 60.7 Å². The summed E-state index contributed by atoms with van der Waals surface area (Å²) in [5.41, 5.74) is 3.89. The molecule has 1 aliphatic heterocycles. The Hall–Kier alpha value is -3.31. The highest BCUT2D eigenvalue weighted by atomic mass is 35.5. The molecule has 1 aliphatic rings. The molecule has 0 radical (unpaired) electrons. The molecule has 0 aliphatic carbocycles. The van der Waals surface area contributed by atoms with Gasteiger partial charge in [-0.2, -0.15) is 0 Å². The van der Waals surface area contributed by atoms with E-state index in [-0.39, 0.29) is 24.1 Å². The molecule has 3 aromatic rings. The van der Waals surface area contributed by atoms with Crippen molar-refractivity contribution in [2.24, 2.45) is 0 Å². The first-order chi connectivity index (χ1) is 15.6. The number of carbonyl (C=O) groups is 2. The van der Waals surface area contributed by atoms with Crippen molar-refractivity contribution in [1.29, 1.82) is 0 Å². The van der Waals surface area contributed by atoms with Gasteiger partial charge >= 0.3 is 0 Å². The minimum atomic E-state index is -0.788. The summed E-state index contributed by atoms with van der Waals surface area (Å²) in [5, 5.41) is 13.9. The van der Waals surface area contributed by atoms with Crippen molar-refractivity contribution in [3.63, 3.8) is 0 Å². The molecule has 1 atom stereocenters.